The maximum Gasteiger partial charge on any atom is 0.356 e. The van der Waals surface area contributed by atoms with Gasteiger partial charge in [-0.15, -0.1) is 12.4 Å². The van der Waals surface area contributed by atoms with Crippen molar-refractivity contribution in [3.63, 3.8) is 0 Å². The van der Waals surface area contributed by atoms with Crippen LogP contribution >= 0.6 is 12.4 Å². The molecule has 0 atom stereocenters. The number of methoxy groups -OCH3 is 1. The first kappa shape index (κ1) is 12.9. The predicted molar refractivity (Wildman–Crippen MR) is 62.7 cm³/mol. The third-order valence-electron chi connectivity index (χ3n) is 2.81. The summed E-state index contributed by atoms with van der Waals surface area (Å²) in [4.78, 5) is 15.5. The average Bonchev–Trinajstić information content (AvgIpc) is 2.54. The van der Waals surface area contributed by atoms with Crippen molar-refractivity contribution in [1.82, 2.24) is 10.3 Å². The molecule has 0 amide bonds. The minimum Gasteiger partial charge on any atom is -0.464 e. The molecule has 0 aromatic carbocycles. The van der Waals surface area contributed by atoms with Crippen molar-refractivity contribution in [2.45, 2.75) is 25.9 Å². The van der Waals surface area contributed by atoms with Gasteiger partial charge in [0.2, 0.25) is 0 Å². The second-order valence-electron chi connectivity index (χ2n) is 4.16. The third kappa shape index (κ3) is 1.90. The van der Waals surface area contributed by atoms with Crippen LogP contribution in [0, 0.1) is 0 Å². The second kappa shape index (κ2) is 4.39. The summed E-state index contributed by atoms with van der Waals surface area (Å²) in [7, 11) is 1.37. The van der Waals surface area contributed by atoms with Gasteiger partial charge in [-0.2, -0.15) is 0 Å². The van der Waals surface area contributed by atoms with Gasteiger partial charge in [0.1, 0.15) is 0 Å². The Morgan fingerprint density at radius 2 is 2.25 bits per heavy atom. The van der Waals surface area contributed by atoms with Gasteiger partial charge in [-0.3, -0.25) is 0 Å². The van der Waals surface area contributed by atoms with E-state index in [0.29, 0.717) is 12.2 Å². The van der Waals surface area contributed by atoms with Gasteiger partial charge < -0.3 is 10.1 Å². The molecule has 1 aromatic rings. The van der Waals surface area contributed by atoms with E-state index in [1.807, 2.05) is 6.07 Å². The summed E-state index contributed by atoms with van der Waals surface area (Å²) in [6.07, 6.45) is 1.65. The molecule has 0 unspecified atom stereocenters. The van der Waals surface area contributed by atoms with Crippen molar-refractivity contribution in [3.05, 3.63) is 29.1 Å². The predicted octanol–water partition coefficient (Wildman–Crippen LogP) is 1.63. The Bertz CT molecular complexity index is 418. The number of carbonyl (C=O) groups excluding carboxylic acids is 1. The molecule has 1 aliphatic heterocycles. The first-order valence-electron chi connectivity index (χ1n) is 4.88. The fraction of sp³-hybridized carbons (Fsp3) is 0.455. The number of ether oxygens (including phenoxy) is 1. The van der Waals surface area contributed by atoms with Crippen molar-refractivity contribution < 1.29 is 9.53 Å². The molecule has 1 aromatic heterocycles. The first-order valence-corrected chi connectivity index (χ1v) is 4.88. The fourth-order valence-electron chi connectivity index (χ4n) is 1.93. The fourth-order valence-corrected chi connectivity index (χ4v) is 1.93. The molecule has 4 nitrogen and oxygen atoms in total. The molecule has 0 fully saturated rings. The van der Waals surface area contributed by atoms with Crippen LogP contribution in [-0.4, -0.2) is 18.1 Å². The minimum absolute atomic E-state index is 0. The number of hydrogen-bond acceptors (Lipinski definition) is 4. The highest BCUT2D eigenvalue weighted by atomic mass is 35.5. The van der Waals surface area contributed by atoms with Gasteiger partial charge >= 0.3 is 5.97 Å². The van der Waals surface area contributed by atoms with Crippen molar-refractivity contribution in [2.75, 3.05) is 7.11 Å². The van der Waals surface area contributed by atoms with Gasteiger partial charge in [0.15, 0.2) is 5.69 Å². The van der Waals surface area contributed by atoms with Gasteiger partial charge in [0.05, 0.1) is 7.11 Å². The van der Waals surface area contributed by atoms with Gasteiger partial charge in [-0.25, -0.2) is 9.78 Å². The second-order valence-corrected chi connectivity index (χ2v) is 4.16. The number of esters is 1. The third-order valence-corrected chi connectivity index (χ3v) is 2.81. The molecular weight excluding hydrogens is 228 g/mol. The van der Waals surface area contributed by atoms with E-state index < -0.39 is 0 Å². The lowest BCUT2D eigenvalue weighted by atomic mass is 9.95. The van der Waals surface area contributed by atoms with Crippen LogP contribution in [0.25, 0.3) is 0 Å². The summed E-state index contributed by atoms with van der Waals surface area (Å²) in [5.74, 6) is -0.369. The van der Waals surface area contributed by atoms with Gasteiger partial charge in [0.25, 0.3) is 0 Å². The number of carbonyl (C=O) groups is 1. The molecule has 5 heteroatoms. The van der Waals surface area contributed by atoms with Crippen LogP contribution in [0.3, 0.4) is 0 Å². The zero-order chi connectivity index (χ0) is 11.1. The quantitative estimate of drug-likeness (QED) is 0.761. The monoisotopic (exact) mass is 242 g/mol. The lowest BCUT2D eigenvalue weighted by molar-refractivity contribution is 0.0592. The molecule has 2 heterocycles. The first-order chi connectivity index (χ1) is 7.06. The van der Waals surface area contributed by atoms with Crippen molar-refractivity contribution in [1.29, 1.82) is 0 Å². The summed E-state index contributed by atoms with van der Waals surface area (Å²) in [6.45, 7) is 4.83. The van der Waals surface area contributed by atoms with E-state index in [2.05, 4.69) is 24.1 Å². The SMILES string of the molecule is COC(=O)c1nccc2c1CNC2(C)C.Cl. The number of fused-ring (bicyclic) bond motifs is 1. The van der Waals surface area contributed by atoms with E-state index in [0.717, 1.165) is 11.1 Å². The highest BCUT2D eigenvalue weighted by Gasteiger charge is 2.32. The average molecular weight is 243 g/mol. The Hall–Kier alpha value is -1.13. The summed E-state index contributed by atoms with van der Waals surface area (Å²) >= 11 is 0. The van der Waals surface area contributed by atoms with Crippen molar-refractivity contribution in [2.24, 2.45) is 0 Å². The molecule has 0 saturated heterocycles. The Kier molecular flexibility index (Phi) is 3.55. The zero-order valence-electron chi connectivity index (χ0n) is 9.53. The molecule has 1 aliphatic rings. The molecule has 2 rings (SSSR count). The van der Waals surface area contributed by atoms with Crippen molar-refractivity contribution >= 4 is 18.4 Å². The lowest BCUT2D eigenvalue weighted by Crippen LogP contribution is -2.28. The number of halogens is 1. The number of rotatable bonds is 1. The van der Waals surface area contributed by atoms with Crippen LogP contribution in [0.5, 0.6) is 0 Å². The zero-order valence-corrected chi connectivity index (χ0v) is 10.4. The molecule has 0 aliphatic carbocycles. The van der Waals surface area contributed by atoms with Crippen LogP contribution in [0.15, 0.2) is 12.3 Å². The molecule has 0 bridgehead atoms. The topological polar surface area (TPSA) is 51.2 Å². The maximum absolute atomic E-state index is 11.5. The highest BCUT2D eigenvalue weighted by Crippen LogP contribution is 2.31. The Morgan fingerprint density at radius 1 is 1.56 bits per heavy atom. The highest BCUT2D eigenvalue weighted by molar-refractivity contribution is 5.89. The van der Waals surface area contributed by atoms with Crippen LogP contribution in [0.1, 0.15) is 35.5 Å². The summed E-state index contributed by atoms with van der Waals surface area (Å²) in [5, 5.41) is 3.33. The molecule has 0 saturated carbocycles. The molecule has 16 heavy (non-hydrogen) atoms. The van der Waals surface area contributed by atoms with Gasteiger partial charge in [-0.05, 0) is 25.5 Å². The summed E-state index contributed by atoms with van der Waals surface area (Å²) < 4.78 is 4.70. The Labute approximate surface area is 101 Å². The number of pyridine rings is 1. The van der Waals surface area contributed by atoms with Crippen LogP contribution in [0.4, 0.5) is 0 Å². The largest absolute Gasteiger partial charge is 0.464 e. The molecular formula is C11H15ClN2O2. The van der Waals surface area contributed by atoms with E-state index >= 15 is 0 Å². The number of nitrogens with one attached hydrogen (secondary N) is 1. The smallest absolute Gasteiger partial charge is 0.356 e. The number of nitrogens with zero attached hydrogens (tertiary/aromatic N) is 1. The summed E-state index contributed by atoms with van der Waals surface area (Å²) in [5.41, 5.74) is 2.40. The molecule has 0 radical (unpaired) electrons. The maximum atomic E-state index is 11.5. The minimum atomic E-state index is -0.369. The number of aromatic nitrogens is 1. The Balaban J connectivity index is 0.00000128. The van der Waals surface area contributed by atoms with Crippen LogP contribution in [-0.2, 0) is 16.8 Å². The number of hydrogen-bond donors (Lipinski definition) is 1. The van der Waals surface area contributed by atoms with Gasteiger partial charge in [0, 0.05) is 23.8 Å². The lowest BCUT2D eigenvalue weighted by Gasteiger charge is -2.19. The van der Waals surface area contributed by atoms with E-state index in [9.17, 15) is 4.79 Å². The van der Waals surface area contributed by atoms with Crippen LogP contribution < -0.4 is 5.32 Å². The van der Waals surface area contributed by atoms with E-state index in [-0.39, 0.29) is 23.9 Å². The van der Waals surface area contributed by atoms with E-state index in [1.54, 1.807) is 6.20 Å². The molecule has 88 valence electrons. The standard InChI is InChI=1S/C11H14N2O2.ClH/c1-11(2)8-4-5-12-9(10(14)15-3)7(8)6-13-11;/h4-5,13H,6H2,1-3H3;1H. The van der Waals surface area contributed by atoms with E-state index in [1.165, 1.54) is 7.11 Å². The molecule has 0 spiro atoms. The van der Waals surface area contributed by atoms with Gasteiger partial charge in [-0.1, -0.05) is 0 Å². The van der Waals surface area contributed by atoms with Crippen LogP contribution in [0.2, 0.25) is 0 Å². The summed E-state index contributed by atoms with van der Waals surface area (Å²) in [6, 6.07) is 1.95. The van der Waals surface area contributed by atoms with Crippen molar-refractivity contribution in [3.8, 4) is 0 Å². The Morgan fingerprint density at radius 3 is 2.88 bits per heavy atom. The van der Waals surface area contributed by atoms with E-state index in [4.69, 9.17) is 4.74 Å². The normalized spacial score (nSPS) is 16.2. The molecule has 1 N–H and O–H groups in total.